The molecule has 1 aliphatic rings. The number of hydrogen-bond donors (Lipinski definition) is 2. The monoisotopic (exact) mass is 245 g/mol. The van der Waals surface area contributed by atoms with E-state index in [1.807, 2.05) is 12.1 Å². The van der Waals surface area contributed by atoms with Crippen LogP contribution in [0.15, 0.2) is 18.2 Å². The normalized spacial score (nSPS) is 29.2. The highest BCUT2D eigenvalue weighted by molar-refractivity contribution is 6.42. The van der Waals surface area contributed by atoms with E-state index in [2.05, 4.69) is 0 Å². The average Bonchev–Trinajstić information content (AvgIpc) is 2.97. The average molecular weight is 246 g/mol. The van der Waals surface area contributed by atoms with Crippen LogP contribution in [-0.2, 0) is 0 Å². The molecule has 0 aliphatic heterocycles. The van der Waals surface area contributed by atoms with Gasteiger partial charge in [-0.2, -0.15) is 0 Å². The Morgan fingerprint density at radius 3 is 2.60 bits per heavy atom. The lowest BCUT2D eigenvalue weighted by Gasteiger charge is -2.11. The predicted octanol–water partition coefficient (Wildman–Crippen LogP) is 2.42. The van der Waals surface area contributed by atoms with Gasteiger partial charge in [0, 0.05) is 12.0 Å². The zero-order chi connectivity index (χ0) is 11.1. The van der Waals surface area contributed by atoms with Crippen LogP contribution in [0.2, 0.25) is 10.0 Å². The van der Waals surface area contributed by atoms with Gasteiger partial charge >= 0.3 is 0 Å². The fraction of sp³-hybridized carbons (Fsp3) is 0.455. The molecule has 0 spiro atoms. The van der Waals surface area contributed by atoms with Crippen LogP contribution in [0.1, 0.15) is 17.9 Å². The summed E-state index contributed by atoms with van der Waals surface area (Å²) < 4.78 is 0. The van der Waals surface area contributed by atoms with Crippen LogP contribution in [-0.4, -0.2) is 18.3 Å². The third-order valence-corrected chi connectivity index (χ3v) is 4.00. The molecule has 15 heavy (non-hydrogen) atoms. The fourth-order valence-corrected chi connectivity index (χ4v) is 2.32. The second-order valence-corrected chi connectivity index (χ2v) is 4.97. The molecule has 4 heteroatoms. The summed E-state index contributed by atoms with van der Waals surface area (Å²) >= 11 is 11.8. The minimum absolute atomic E-state index is 0.128. The number of aliphatic hydroxyl groups excluding tert-OH is 1. The Morgan fingerprint density at radius 2 is 2.13 bits per heavy atom. The van der Waals surface area contributed by atoms with Gasteiger partial charge in [-0.25, -0.2) is 0 Å². The van der Waals surface area contributed by atoms with E-state index in [0.29, 0.717) is 22.5 Å². The number of nitrogens with two attached hydrogens (primary N) is 1. The van der Waals surface area contributed by atoms with Crippen molar-refractivity contribution in [3.8, 4) is 0 Å². The van der Waals surface area contributed by atoms with Gasteiger partial charge in [0.1, 0.15) is 0 Å². The van der Waals surface area contributed by atoms with E-state index in [0.717, 1.165) is 12.0 Å². The highest BCUT2D eigenvalue weighted by Crippen LogP contribution is 2.58. The largest absolute Gasteiger partial charge is 0.396 e. The van der Waals surface area contributed by atoms with Crippen LogP contribution in [0.25, 0.3) is 0 Å². The zero-order valence-electron chi connectivity index (χ0n) is 8.21. The van der Waals surface area contributed by atoms with Gasteiger partial charge in [-0.1, -0.05) is 29.3 Å². The third kappa shape index (κ3) is 1.87. The van der Waals surface area contributed by atoms with E-state index in [9.17, 15) is 5.11 Å². The Balaban J connectivity index is 2.23. The minimum atomic E-state index is -0.128. The molecule has 1 aromatic carbocycles. The Bertz CT molecular complexity index is 377. The molecule has 0 heterocycles. The summed E-state index contributed by atoms with van der Waals surface area (Å²) in [6.07, 6.45) is 0.929. The maximum atomic E-state index is 9.27. The van der Waals surface area contributed by atoms with E-state index < -0.39 is 0 Å². The van der Waals surface area contributed by atoms with Crippen molar-refractivity contribution in [2.45, 2.75) is 12.3 Å². The van der Waals surface area contributed by atoms with E-state index in [1.165, 1.54) is 0 Å². The maximum absolute atomic E-state index is 9.27. The smallest absolute Gasteiger partial charge is 0.0595 e. The second kappa shape index (κ2) is 3.95. The zero-order valence-corrected chi connectivity index (χ0v) is 9.72. The van der Waals surface area contributed by atoms with Gasteiger partial charge in [-0.3, -0.25) is 0 Å². The number of benzene rings is 1. The predicted molar refractivity (Wildman–Crippen MR) is 62.4 cm³/mol. The molecule has 2 rings (SSSR count). The highest BCUT2D eigenvalue weighted by Gasteiger charge is 2.53. The lowest BCUT2D eigenvalue weighted by atomic mass is 10.0. The first-order valence-electron chi connectivity index (χ1n) is 4.89. The van der Waals surface area contributed by atoms with E-state index in [-0.39, 0.29) is 12.0 Å². The fourth-order valence-electron chi connectivity index (χ4n) is 2.01. The van der Waals surface area contributed by atoms with Crippen molar-refractivity contribution in [1.29, 1.82) is 0 Å². The van der Waals surface area contributed by atoms with Crippen LogP contribution >= 0.6 is 23.2 Å². The number of hydrogen-bond acceptors (Lipinski definition) is 2. The van der Waals surface area contributed by atoms with E-state index >= 15 is 0 Å². The van der Waals surface area contributed by atoms with Gasteiger partial charge in [0.15, 0.2) is 0 Å². The van der Waals surface area contributed by atoms with Gasteiger partial charge in [0.25, 0.3) is 0 Å². The summed E-state index contributed by atoms with van der Waals surface area (Å²) in [6.45, 7) is 0.642. The van der Waals surface area contributed by atoms with Crippen LogP contribution in [0.3, 0.4) is 0 Å². The van der Waals surface area contributed by atoms with Crippen molar-refractivity contribution in [2.24, 2.45) is 11.1 Å². The molecule has 0 radical (unpaired) electrons. The molecule has 1 aliphatic carbocycles. The SMILES string of the molecule is NCC1(CO)CC1c1ccc(Cl)c(Cl)c1. The molecule has 0 amide bonds. The van der Waals surface area contributed by atoms with Crippen LogP contribution in [0.4, 0.5) is 0 Å². The van der Waals surface area contributed by atoms with Crippen molar-refractivity contribution < 1.29 is 5.11 Å². The standard InChI is InChI=1S/C11H13Cl2NO/c12-9-2-1-7(3-10(9)13)8-4-11(8,5-14)6-15/h1-3,8,15H,4-6,14H2. The molecule has 1 aromatic rings. The first-order chi connectivity index (χ1) is 7.13. The lowest BCUT2D eigenvalue weighted by molar-refractivity contribution is 0.211. The van der Waals surface area contributed by atoms with Crippen molar-refractivity contribution in [3.63, 3.8) is 0 Å². The van der Waals surface area contributed by atoms with Crippen LogP contribution < -0.4 is 5.73 Å². The molecular formula is C11H13Cl2NO. The van der Waals surface area contributed by atoms with Crippen LogP contribution in [0, 0.1) is 5.41 Å². The van der Waals surface area contributed by atoms with Gasteiger partial charge in [0.2, 0.25) is 0 Å². The number of halogens is 2. The molecule has 82 valence electrons. The van der Waals surface area contributed by atoms with Crippen molar-refractivity contribution in [1.82, 2.24) is 0 Å². The molecule has 1 saturated carbocycles. The third-order valence-electron chi connectivity index (χ3n) is 3.26. The van der Waals surface area contributed by atoms with Gasteiger partial charge in [0.05, 0.1) is 16.7 Å². The van der Waals surface area contributed by atoms with Crippen molar-refractivity contribution in [2.75, 3.05) is 13.2 Å². The second-order valence-electron chi connectivity index (χ2n) is 4.15. The van der Waals surface area contributed by atoms with Gasteiger partial charge < -0.3 is 10.8 Å². The molecular weight excluding hydrogens is 233 g/mol. The minimum Gasteiger partial charge on any atom is -0.396 e. The summed E-state index contributed by atoms with van der Waals surface area (Å²) in [6, 6.07) is 5.60. The molecule has 3 N–H and O–H groups in total. The van der Waals surface area contributed by atoms with Crippen molar-refractivity contribution >= 4 is 23.2 Å². The number of rotatable bonds is 3. The Kier molecular flexibility index (Phi) is 2.95. The maximum Gasteiger partial charge on any atom is 0.0595 e. The van der Waals surface area contributed by atoms with E-state index in [1.54, 1.807) is 6.07 Å². The topological polar surface area (TPSA) is 46.2 Å². The summed E-state index contributed by atoms with van der Waals surface area (Å²) in [5.41, 5.74) is 6.64. The summed E-state index contributed by atoms with van der Waals surface area (Å²) in [5, 5.41) is 10.4. The van der Waals surface area contributed by atoms with Crippen LogP contribution in [0.5, 0.6) is 0 Å². The molecule has 1 fully saturated rings. The highest BCUT2D eigenvalue weighted by atomic mass is 35.5. The van der Waals surface area contributed by atoms with Gasteiger partial charge in [-0.15, -0.1) is 0 Å². The Labute approximate surface area is 99.0 Å². The van der Waals surface area contributed by atoms with Crippen molar-refractivity contribution in [3.05, 3.63) is 33.8 Å². The summed E-state index contributed by atoms with van der Waals surface area (Å²) in [5.74, 6) is 0.322. The lowest BCUT2D eigenvalue weighted by Crippen LogP contribution is -2.21. The first-order valence-corrected chi connectivity index (χ1v) is 5.64. The Morgan fingerprint density at radius 1 is 1.40 bits per heavy atom. The molecule has 2 unspecified atom stereocenters. The molecule has 0 bridgehead atoms. The first kappa shape index (κ1) is 11.2. The number of aliphatic hydroxyl groups is 1. The summed E-state index contributed by atoms with van der Waals surface area (Å²) in [7, 11) is 0. The summed E-state index contributed by atoms with van der Waals surface area (Å²) in [4.78, 5) is 0. The quantitative estimate of drug-likeness (QED) is 0.860. The van der Waals surface area contributed by atoms with E-state index in [4.69, 9.17) is 28.9 Å². The molecule has 0 aromatic heterocycles. The molecule has 2 nitrogen and oxygen atoms in total. The van der Waals surface area contributed by atoms with Gasteiger partial charge in [-0.05, 0) is 30.0 Å². The molecule has 2 atom stereocenters. The Hall–Kier alpha value is -0.280. The molecule has 0 saturated heterocycles.